The minimum absolute atomic E-state index is 0.102. The first kappa shape index (κ1) is 13.7. The van der Waals surface area contributed by atoms with Gasteiger partial charge < -0.3 is 10.1 Å². The molecule has 4 atom stereocenters. The molecule has 4 nitrogen and oxygen atoms in total. The Bertz CT molecular complexity index is 599. The van der Waals surface area contributed by atoms with E-state index in [2.05, 4.69) is 11.4 Å². The highest BCUT2D eigenvalue weighted by molar-refractivity contribution is 6.42. The van der Waals surface area contributed by atoms with E-state index in [-0.39, 0.29) is 24.0 Å². The van der Waals surface area contributed by atoms with Crippen LogP contribution in [-0.4, -0.2) is 18.1 Å². The molecule has 1 amide bonds. The van der Waals surface area contributed by atoms with E-state index in [0.29, 0.717) is 15.7 Å². The monoisotopic (exact) mass is 310 g/mol. The van der Waals surface area contributed by atoms with Crippen molar-refractivity contribution in [3.05, 3.63) is 28.2 Å². The van der Waals surface area contributed by atoms with E-state index < -0.39 is 5.92 Å². The fourth-order valence-electron chi connectivity index (χ4n) is 2.97. The van der Waals surface area contributed by atoms with Gasteiger partial charge in [-0.15, -0.1) is 0 Å². The summed E-state index contributed by atoms with van der Waals surface area (Å²) in [6.45, 7) is 0. The van der Waals surface area contributed by atoms with E-state index >= 15 is 0 Å². The molecule has 1 aromatic carbocycles. The first-order valence-electron chi connectivity index (χ1n) is 6.41. The lowest BCUT2D eigenvalue weighted by atomic mass is 9.79. The lowest BCUT2D eigenvalue weighted by molar-refractivity contribution is -0.122. The summed E-state index contributed by atoms with van der Waals surface area (Å²) in [4.78, 5) is 12.4. The van der Waals surface area contributed by atoms with Gasteiger partial charge in [0.25, 0.3) is 0 Å². The van der Waals surface area contributed by atoms with Crippen LogP contribution in [0.4, 0.5) is 5.69 Å². The van der Waals surface area contributed by atoms with Crippen molar-refractivity contribution in [2.75, 3.05) is 5.32 Å². The van der Waals surface area contributed by atoms with Crippen LogP contribution in [0.2, 0.25) is 10.0 Å². The molecule has 1 N–H and O–H groups in total. The fourth-order valence-corrected chi connectivity index (χ4v) is 3.27. The molecule has 2 aliphatic heterocycles. The molecule has 0 aliphatic carbocycles. The molecule has 0 saturated carbocycles. The molecule has 6 heteroatoms. The predicted octanol–water partition coefficient (Wildman–Crippen LogP) is 3.25. The zero-order valence-electron chi connectivity index (χ0n) is 10.5. The number of rotatable bonds is 2. The number of hydrogen-bond donors (Lipinski definition) is 1. The topological polar surface area (TPSA) is 62.1 Å². The second-order valence-corrected chi connectivity index (χ2v) is 5.90. The second kappa shape index (κ2) is 5.25. The maximum atomic E-state index is 12.4. The van der Waals surface area contributed by atoms with Gasteiger partial charge in [-0.2, -0.15) is 5.26 Å². The zero-order chi connectivity index (χ0) is 14.3. The Balaban J connectivity index is 1.76. The van der Waals surface area contributed by atoms with Gasteiger partial charge in [0.15, 0.2) is 0 Å². The minimum atomic E-state index is -0.409. The Hall–Kier alpha value is -1.28. The number of nitriles is 1. The summed E-state index contributed by atoms with van der Waals surface area (Å²) in [5.41, 5.74) is 0.573. The maximum absolute atomic E-state index is 12.4. The minimum Gasteiger partial charge on any atom is -0.373 e. The highest BCUT2D eigenvalue weighted by atomic mass is 35.5. The van der Waals surface area contributed by atoms with Gasteiger partial charge in [-0.05, 0) is 31.0 Å². The molecule has 0 spiro atoms. The molecular weight excluding hydrogens is 299 g/mol. The number of carbonyl (C=O) groups excluding carboxylic acids is 1. The normalized spacial score (nSPS) is 31.1. The first-order valence-corrected chi connectivity index (χ1v) is 7.16. The van der Waals surface area contributed by atoms with E-state index in [9.17, 15) is 10.1 Å². The molecular formula is C14H12Cl2N2O2. The molecule has 0 radical (unpaired) electrons. The molecule has 2 fully saturated rings. The Morgan fingerprint density at radius 2 is 2.05 bits per heavy atom. The lowest BCUT2D eigenvalue weighted by Crippen LogP contribution is -2.36. The molecule has 20 heavy (non-hydrogen) atoms. The van der Waals surface area contributed by atoms with E-state index in [4.69, 9.17) is 27.9 Å². The van der Waals surface area contributed by atoms with Crippen molar-refractivity contribution in [1.29, 1.82) is 5.26 Å². The van der Waals surface area contributed by atoms with Crippen molar-refractivity contribution in [3.63, 3.8) is 0 Å². The predicted molar refractivity (Wildman–Crippen MR) is 75.6 cm³/mol. The Kier molecular flexibility index (Phi) is 3.59. The molecule has 2 aliphatic rings. The van der Waals surface area contributed by atoms with Crippen molar-refractivity contribution >= 4 is 34.8 Å². The summed E-state index contributed by atoms with van der Waals surface area (Å²) >= 11 is 11.7. The van der Waals surface area contributed by atoms with E-state index in [1.165, 1.54) is 0 Å². The van der Waals surface area contributed by atoms with Crippen LogP contribution in [0.25, 0.3) is 0 Å². The van der Waals surface area contributed by atoms with Gasteiger partial charge in [-0.3, -0.25) is 4.79 Å². The lowest BCUT2D eigenvalue weighted by Gasteiger charge is -2.22. The highest BCUT2D eigenvalue weighted by Gasteiger charge is 2.52. The Morgan fingerprint density at radius 3 is 2.75 bits per heavy atom. The number of halogens is 2. The number of hydrogen-bond acceptors (Lipinski definition) is 3. The van der Waals surface area contributed by atoms with Crippen LogP contribution in [0, 0.1) is 23.2 Å². The average molecular weight is 311 g/mol. The van der Waals surface area contributed by atoms with Crippen molar-refractivity contribution in [2.24, 2.45) is 11.8 Å². The van der Waals surface area contributed by atoms with Gasteiger partial charge >= 0.3 is 0 Å². The molecule has 2 saturated heterocycles. The molecule has 3 rings (SSSR count). The molecule has 1 unspecified atom stereocenters. The number of nitrogens with zero attached hydrogens (tertiary/aromatic N) is 1. The molecule has 2 bridgehead atoms. The third-order valence-corrected chi connectivity index (χ3v) is 4.65. The summed E-state index contributed by atoms with van der Waals surface area (Å²) in [6, 6.07) is 7.10. The number of fused-ring (bicyclic) bond motifs is 2. The van der Waals surface area contributed by atoms with Crippen molar-refractivity contribution in [1.82, 2.24) is 0 Å². The third-order valence-electron chi connectivity index (χ3n) is 3.91. The smallest absolute Gasteiger partial charge is 0.231 e. The summed E-state index contributed by atoms with van der Waals surface area (Å²) < 4.78 is 5.66. The average Bonchev–Trinajstić information content (AvgIpc) is 3.02. The van der Waals surface area contributed by atoms with Crippen LogP contribution >= 0.6 is 23.2 Å². The first-order chi connectivity index (χ1) is 9.60. The maximum Gasteiger partial charge on any atom is 0.231 e. The van der Waals surface area contributed by atoms with Crippen molar-refractivity contribution in [3.8, 4) is 6.07 Å². The van der Waals surface area contributed by atoms with Gasteiger partial charge in [-0.25, -0.2) is 0 Å². The molecule has 2 heterocycles. The SMILES string of the molecule is N#CC1[C@H]2CC[C@H](O2)[C@H]1C(=O)Nc1ccc(Cl)c(Cl)c1. The number of benzene rings is 1. The largest absolute Gasteiger partial charge is 0.373 e. The van der Waals surface area contributed by atoms with Gasteiger partial charge in [-0.1, -0.05) is 23.2 Å². The van der Waals surface area contributed by atoms with Crippen LogP contribution in [-0.2, 0) is 9.53 Å². The van der Waals surface area contributed by atoms with Crippen LogP contribution in [0.1, 0.15) is 12.8 Å². The summed E-state index contributed by atoms with van der Waals surface area (Å²) in [5, 5.41) is 12.8. The van der Waals surface area contributed by atoms with Crippen molar-refractivity contribution < 1.29 is 9.53 Å². The second-order valence-electron chi connectivity index (χ2n) is 5.09. The summed E-state index contributed by atoms with van der Waals surface area (Å²) in [5.74, 6) is -0.966. The van der Waals surface area contributed by atoms with E-state index in [1.807, 2.05) is 0 Å². The Morgan fingerprint density at radius 1 is 1.30 bits per heavy atom. The number of carbonyl (C=O) groups is 1. The van der Waals surface area contributed by atoms with Crippen LogP contribution in [0.5, 0.6) is 0 Å². The summed E-state index contributed by atoms with van der Waals surface area (Å²) in [7, 11) is 0. The molecule has 0 aromatic heterocycles. The standard InChI is InChI=1S/C14H12Cl2N2O2/c15-9-2-1-7(5-10(9)16)18-14(19)13-8(6-17)11-3-4-12(13)20-11/h1-2,5,8,11-13H,3-4H2,(H,18,19)/t8?,11-,12+,13+/m1/s1. The van der Waals surface area contributed by atoms with E-state index in [1.54, 1.807) is 18.2 Å². The molecule has 1 aromatic rings. The number of nitrogens with one attached hydrogen (secondary N) is 1. The van der Waals surface area contributed by atoms with Crippen LogP contribution < -0.4 is 5.32 Å². The van der Waals surface area contributed by atoms with Gasteiger partial charge in [0.1, 0.15) is 0 Å². The Labute approximate surface area is 126 Å². The zero-order valence-corrected chi connectivity index (χ0v) is 12.0. The van der Waals surface area contributed by atoms with Gasteiger partial charge in [0.2, 0.25) is 5.91 Å². The number of amides is 1. The quantitative estimate of drug-likeness (QED) is 0.912. The van der Waals surface area contributed by atoms with Crippen LogP contribution in [0.15, 0.2) is 18.2 Å². The molecule has 104 valence electrons. The van der Waals surface area contributed by atoms with Crippen molar-refractivity contribution in [2.45, 2.75) is 25.0 Å². The van der Waals surface area contributed by atoms with Crippen LogP contribution in [0.3, 0.4) is 0 Å². The van der Waals surface area contributed by atoms with Gasteiger partial charge in [0, 0.05) is 5.69 Å². The number of ether oxygens (including phenoxy) is 1. The fraction of sp³-hybridized carbons (Fsp3) is 0.429. The van der Waals surface area contributed by atoms with Gasteiger partial charge in [0.05, 0.1) is 40.2 Å². The number of anilines is 1. The highest BCUT2D eigenvalue weighted by Crippen LogP contribution is 2.43. The summed E-state index contributed by atoms with van der Waals surface area (Å²) in [6.07, 6.45) is 1.45. The third kappa shape index (κ3) is 2.26. The van der Waals surface area contributed by atoms with E-state index in [0.717, 1.165) is 12.8 Å².